The first-order valence-electron chi connectivity index (χ1n) is 5.49. The quantitative estimate of drug-likeness (QED) is 0.478. The summed E-state index contributed by atoms with van der Waals surface area (Å²) in [7, 11) is -5.85. The van der Waals surface area contributed by atoms with E-state index in [1.807, 2.05) is 0 Å². The van der Waals surface area contributed by atoms with Gasteiger partial charge in [0.25, 0.3) is 0 Å². The van der Waals surface area contributed by atoms with Gasteiger partial charge in [0.05, 0.1) is 5.56 Å². The summed E-state index contributed by atoms with van der Waals surface area (Å²) in [6.07, 6.45) is 0.415. The predicted octanol–water partition coefficient (Wildman–Crippen LogP) is 2.57. The molecule has 9 heteroatoms. The summed E-state index contributed by atoms with van der Waals surface area (Å²) in [4.78, 5) is 11.6. The maximum atomic E-state index is 13.5. The molecule has 1 aliphatic carbocycles. The van der Waals surface area contributed by atoms with Crippen LogP contribution in [-0.4, -0.2) is 19.7 Å². The Morgan fingerprint density at radius 3 is 2.40 bits per heavy atom. The van der Waals surface area contributed by atoms with E-state index in [1.54, 1.807) is 0 Å². The van der Waals surface area contributed by atoms with Crippen molar-refractivity contribution in [2.45, 2.75) is 24.8 Å². The molecule has 2 rings (SSSR count). The molecular weight excluding hydrogens is 304 g/mol. The Labute approximate surface area is 111 Å². The molecule has 0 amide bonds. The fraction of sp³-hybridized carbons (Fsp3) is 0.364. The van der Waals surface area contributed by atoms with Crippen LogP contribution in [0.2, 0.25) is 0 Å². The number of hydrogen-bond donors (Lipinski definition) is 0. The summed E-state index contributed by atoms with van der Waals surface area (Å²) in [5.74, 6) is -2.15. The zero-order valence-corrected chi connectivity index (χ0v) is 10.6. The number of halogens is 4. The molecule has 0 aromatic heterocycles. The Morgan fingerprint density at radius 1 is 1.15 bits per heavy atom. The Kier molecular flexibility index (Phi) is 3.49. The summed E-state index contributed by atoms with van der Waals surface area (Å²) in [5, 5.41) is 0. The average Bonchev–Trinajstić information content (AvgIpc) is 2.31. The molecular formula is C11H8F4O4S. The van der Waals surface area contributed by atoms with Crippen LogP contribution >= 0.6 is 0 Å². The molecule has 0 aliphatic heterocycles. The lowest BCUT2D eigenvalue weighted by Crippen LogP contribution is -2.29. The van der Waals surface area contributed by atoms with Gasteiger partial charge in [-0.3, -0.25) is 4.79 Å². The van der Waals surface area contributed by atoms with Crippen LogP contribution in [-0.2, 0) is 16.5 Å². The zero-order chi connectivity index (χ0) is 15.1. The number of carbonyl (C=O) groups is 1. The molecule has 4 nitrogen and oxygen atoms in total. The van der Waals surface area contributed by atoms with Gasteiger partial charge in [0, 0.05) is 12.0 Å². The molecule has 0 spiro atoms. The summed E-state index contributed by atoms with van der Waals surface area (Å²) in [5.41, 5.74) is -6.13. The monoisotopic (exact) mass is 312 g/mol. The predicted molar refractivity (Wildman–Crippen MR) is 59.3 cm³/mol. The van der Waals surface area contributed by atoms with Crippen LogP contribution in [0.1, 0.15) is 28.8 Å². The van der Waals surface area contributed by atoms with Crippen LogP contribution in [0, 0.1) is 5.82 Å². The highest BCUT2D eigenvalue weighted by molar-refractivity contribution is 7.88. The van der Waals surface area contributed by atoms with E-state index >= 15 is 0 Å². The lowest BCUT2D eigenvalue weighted by Gasteiger charge is -2.19. The first-order valence-corrected chi connectivity index (χ1v) is 6.89. The summed E-state index contributed by atoms with van der Waals surface area (Å²) >= 11 is 0. The maximum Gasteiger partial charge on any atom is 0.534 e. The van der Waals surface area contributed by atoms with Gasteiger partial charge in [-0.05, 0) is 25.0 Å². The van der Waals surface area contributed by atoms with Gasteiger partial charge in [-0.15, -0.1) is 0 Å². The van der Waals surface area contributed by atoms with Crippen molar-refractivity contribution in [3.63, 3.8) is 0 Å². The normalized spacial score (nSPS) is 15.9. The Bertz CT molecular complexity index is 664. The molecule has 0 N–H and O–H groups in total. The van der Waals surface area contributed by atoms with Gasteiger partial charge in [-0.2, -0.15) is 21.6 Å². The van der Waals surface area contributed by atoms with E-state index in [2.05, 4.69) is 4.18 Å². The Hall–Kier alpha value is -1.64. The van der Waals surface area contributed by atoms with Crippen molar-refractivity contribution in [3.8, 4) is 5.75 Å². The molecule has 0 saturated carbocycles. The van der Waals surface area contributed by atoms with Gasteiger partial charge in [0.15, 0.2) is 5.78 Å². The number of benzene rings is 1. The first kappa shape index (κ1) is 14.8. The molecule has 0 saturated heterocycles. The number of carbonyl (C=O) groups excluding carboxylic acids is 1. The topological polar surface area (TPSA) is 60.4 Å². The van der Waals surface area contributed by atoms with Crippen molar-refractivity contribution in [1.29, 1.82) is 0 Å². The summed E-state index contributed by atoms with van der Waals surface area (Å²) in [6, 6.07) is 1.49. The fourth-order valence-electron chi connectivity index (χ4n) is 1.94. The van der Waals surface area contributed by atoms with Crippen LogP contribution in [0.25, 0.3) is 0 Å². The SMILES string of the molecule is O=C1CCCc2c(OS(=O)(=O)C(F)(F)F)ccc(F)c21. The second-order valence-corrected chi connectivity index (χ2v) is 5.70. The van der Waals surface area contributed by atoms with Crippen molar-refractivity contribution in [1.82, 2.24) is 0 Å². The standard InChI is InChI=1S/C11H8F4O4S/c12-7-4-5-9(19-20(17,18)11(13,14)15)6-2-1-3-8(16)10(6)7/h4-5H,1-3H2. The van der Waals surface area contributed by atoms with Crippen molar-refractivity contribution in [3.05, 3.63) is 29.1 Å². The molecule has 0 bridgehead atoms. The van der Waals surface area contributed by atoms with E-state index in [9.17, 15) is 30.8 Å². The van der Waals surface area contributed by atoms with Crippen LogP contribution in [0.5, 0.6) is 5.75 Å². The third-order valence-corrected chi connectivity index (χ3v) is 3.78. The molecule has 0 heterocycles. The van der Waals surface area contributed by atoms with E-state index in [0.717, 1.165) is 6.07 Å². The van der Waals surface area contributed by atoms with E-state index < -0.39 is 38.5 Å². The van der Waals surface area contributed by atoms with Crippen molar-refractivity contribution >= 4 is 15.9 Å². The minimum Gasteiger partial charge on any atom is -0.376 e. The second kappa shape index (κ2) is 4.72. The third-order valence-electron chi connectivity index (χ3n) is 2.81. The zero-order valence-electron chi connectivity index (χ0n) is 9.83. The molecule has 1 aromatic carbocycles. The van der Waals surface area contributed by atoms with Gasteiger partial charge in [-0.1, -0.05) is 0 Å². The second-order valence-electron chi connectivity index (χ2n) is 4.16. The maximum absolute atomic E-state index is 13.5. The minimum absolute atomic E-state index is 0.0550. The van der Waals surface area contributed by atoms with E-state index in [0.29, 0.717) is 6.07 Å². The Morgan fingerprint density at radius 2 is 1.80 bits per heavy atom. The number of fused-ring (bicyclic) bond motifs is 1. The largest absolute Gasteiger partial charge is 0.534 e. The lowest BCUT2D eigenvalue weighted by atomic mass is 9.89. The van der Waals surface area contributed by atoms with Crippen LogP contribution in [0.15, 0.2) is 12.1 Å². The molecule has 0 atom stereocenters. The van der Waals surface area contributed by atoms with Gasteiger partial charge in [-0.25, -0.2) is 4.39 Å². The van der Waals surface area contributed by atoms with Crippen molar-refractivity contribution in [2.24, 2.45) is 0 Å². The van der Waals surface area contributed by atoms with Gasteiger partial charge in [0.2, 0.25) is 0 Å². The molecule has 20 heavy (non-hydrogen) atoms. The van der Waals surface area contributed by atoms with E-state index in [1.165, 1.54) is 0 Å². The van der Waals surface area contributed by atoms with E-state index in [4.69, 9.17) is 0 Å². The number of alkyl halides is 3. The van der Waals surface area contributed by atoms with Crippen molar-refractivity contribution in [2.75, 3.05) is 0 Å². The highest BCUT2D eigenvalue weighted by Crippen LogP contribution is 2.34. The molecule has 0 unspecified atom stereocenters. The van der Waals surface area contributed by atoms with Gasteiger partial charge in [0.1, 0.15) is 11.6 Å². The third kappa shape index (κ3) is 2.49. The molecule has 1 aliphatic rings. The molecule has 1 aromatic rings. The van der Waals surface area contributed by atoms with Crippen molar-refractivity contribution < 1.29 is 35.0 Å². The summed E-state index contributed by atoms with van der Waals surface area (Å²) < 4.78 is 76.2. The fourth-order valence-corrected chi connectivity index (χ4v) is 2.43. The van der Waals surface area contributed by atoms with Crippen LogP contribution in [0.4, 0.5) is 17.6 Å². The first-order chi connectivity index (χ1) is 9.13. The van der Waals surface area contributed by atoms with Gasteiger partial charge >= 0.3 is 15.6 Å². The highest BCUT2D eigenvalue weighted by atomic mass is 32.2. The smallest absolute Gasteiger partial charge is 0.376 e. The number of rotatable bonds is 2. The number of Topliss-reactive ketones (excluding diaryl/α,β-unsaturated/α-hetero) is 1. The molecule has 0 fully saturated rings. The van der Waals surface area contributed by atoms with Crippen LogP contribution < -0.4 is 4.18 Å². The molecule has 110 valence electrons. The Balaban J connectivity index is 2.51. The minimum atomic E-state index is -5.85. The number of hydrogen-bond acceptors (Lipinski definition) is 4. The van der Waals surface area contributed by atoms with Crippen LogP contribution in [0.3, 0.4) is 0 Å². The average molecular weight is 312 g/mol. The lowest BCUT2D eigenvalue weighted by molar-refractivity contribution is -0.0500. The van der Waals surface area contributed by atoms with E-state index in [-0.39, 0.29) is 24.8 Å². The summed E-state index contributed by atoms with van der Waals surface area (Å²) in [6.45, 7) is 0. The number of ketones is 1. The van der Waals surface area contributed by atoms with Gasteiger partial charge < -0.3 is 4.18 Å². The highest BCUT2D eigenvalue weighted by Gasteiger charge is 2.49. The molecule has 0 radical (unpaired) electrons.